The molecule has 19 heavy (non-hydrogen) atoms. The van der Waals surface area contributed by atoms with Gasteiger partial charge in [-0.3, -0.25) is 4.79 Å². The molecule has 1 unspecified atom stereocenters. The van der Waals surface area contributed by atoms with Gasteiger partial charge in [0.2, 0.25) is 5.91 Å². The molecule has 0 bridgehead atoms. The fraction of sp³-hybridized carbons (Fsp3) is 0.533. The van der Waals surface area contributed by atoms with E-state index in [0.29, 0.717) is 0 Å². The fourth-order valence-electron chi connectivity index (χ4n) is 2.54. The molecule has 2 rings (SSSR count). The average molecular weight is 263 g/mol. The number of carbonyl (C=O) groups is 1. The Labute approximate surface area is 113 Å². The van der Waals surface area contributed by atoms with Crippen LogP contribution in [0.2, 0.25) is 0 Å². The predicted octanol–water partition coefficient (Wildman–Crippen LogP) is 0.966. The maximum Gasteiger partial charge on any atom is 0.228 e. The highest BCUT2D eigenvalue weighted by Gasteiger charge is 2.31. The van der Waals surface area contributed by atoms with Crippen LogP contribution in [0.1, 0.15) is 36.8 Å². The number of amides is 1. The van der Waals surface area contributed by atoms with Crippen LogP contribution in [0.25, 0.3) is 0 Å². The van der Waals surface area contributed by atoms with Crippen molar-refractivity contribution in [2.75, 3.05) is 13.2 Å². The van der Waals surface area contributed by atoms with E-state index in [0.717, 1.165) is 24.8 Å². The number of fused-ring (bicyclic) bond motifs is 1. The number of rotatable bonds is 4. The van der Waals surface area contributed by atoms with Gasteiger partial charge >= 0.3 is 0 Å². The van der Waals surface area contributed by atoms with Gasteiger partial charge in [0, 0.05) is 0 Å². The lowest BCUT2D eigenvalue weighted by atomic mass is 9.82. The highest BCUT2D eigenvalue weighted by atomic mass is 16.3. The summed E-state index contributed by atoms with van der Waals surface area (Å²) in [5, 5.41) is 21.3. The lowest BCUT2D eigenvalue weighted by molar-refractivity contribution is -0.125. The zero-order valence-electron chi connectivity index (χ0n) is 11.2. The summed E-state index contributed by atoms with van der Waals surface area (Å²) in [5.74, 6) is -0.292. The summed E-state index contributed by atoms with van der Waals surface area (Å²) >= 11 is 0. The van der Waals surface area contributed by atoms with Gasteiger partial charge in [-0.1, -0.05) is 24.3 Å². The average Bonchev–Trinajstić information content (AvgIpc) is 2.46. The smallest absolute Gasteiger partial charge is 0.228 e. The molecule has 1 aromatic carbocycles. The molecule has 4 heteroatoms. The van der Waals surface area contributed by atoms with Crippen molar-refractivity contribution in [1.29, 1.82) is 0 Å². The van der Waals surface area contributed by atoms with E-state index in [1.165, 1.54) is 5.56 Å². The van der Waals surface area contributed by atoms with Crippen molar-refractivity contribution in [2.24, 2.45) is 0 Å². The topological polar surface area (TPSA) is 69.6 Å². The zero-order chi connectivity index (χ0) is 13.9. The minimum Gasteiger partial charge on any atom is -0.394 e. The Balaban J connectivity index is 2.17. The molecule has 0 heterocycles. The van der Waals surface area contributed by atoms with Gasteiger partial charge in [-0.25, -0.2) is 0 Å². The monoisotopic (exact) mass is 263 g/mol. The Morgan fingerprint density at radius 2 is 2.05 bits per heavy atom. The summed E-state index contributed by atoms with van der Waals surface area (Å²) in [6.07, 6.45) is 2.82. The molecular weight excluding hydrogens is 242 g/mol. The number of carbonyl (C=O) groups excluding carboxylic acids is 1. The molecule has 0 spiro atoms. The molecule has 0 aliphatic heterocycles. The molecule has 1 aromatic rings. The first-order valence-corrected chi connectivity index (χ1v) is 6.71. The molecule has 1 amide bonds. The molecule has 0 saturated carbocycles. The fourth-order valence-corrected chi connectivity index (χ4v) is 2.54. The molecule has 0 fully saturated rings. The second-order valence-electron chi connectivity index (χ2n) is 5.51. The van der Waals surface area contributed by atoms with Crippen LogP contribution in [0.3, 0.4) is 0 Å². The van der Waals surface area contributed by atoms with Crippen molar-refractivity contribution in [3.05, 3.63) is 35.4 Å². The normalized spacial score (nSPS) is 18.8. The summed E-state index contributed by atoms with van der Waals surface area (Å²) < 4.78 is 0. The molecular formula is C15H21NO3. The first-order valence-electron chi connectivity index (χ1n) is 6.71. The molecule has 104 valence electrons. The van der Waals surface area contributed by atoms with Crippen LogP contribution >= 0.6 is 0 Å². The van der Waals surface area contributed by atoms with Crippen LogP contribution < -0.4 is 5.32 Å². The summed E-state index contributed by atoms with van der Waals surface area (Å²) in [4.78, 5) is 12.4. The molecule has 0 saturated heterocycles. The van der Waals surface area contributed by atoms with Gasteiger partial charge in [-0.2, -0.15) is 0 Å². The number of aliphatic hydroxyl groups is 2. The summed E-state index contributed by atoms with van der Waals surface area (Å²) in [6, 6.07) is 7.99. The van der Waals surface area contributed by atoms with Gasteiger partial charge in [0.05, 0.1) is 24.7 Å². The van der Waals surface area contributed by atoms with Crippen LogP contribution in [0.15, 0.2) is 24.3 Å². The lowest BCUT2D eigenvalue weighted by Crippen LogP contribution is -2.53. The molecule has 1 atom stereocenters. The summed E-state index contributed by atoms with van der Waals surface area (Å²) in [6.45, 7) is 1.09. The molecule has 1 aliphatic rings. The third-order valence-corrected chi connectivity index (χ3v) is 3.81. The van der Waals surface area contributed by atoms with Crippen molar-refractivity contribution in [3.8, 4) is 0 Å². The molecule has 1 aliphatic carbocycles. The maximum absolute atomic E-state index is 12.4. The van der Waals surface area contributed by atoms with Crippen LogP contribution in [0.5, 0.6) is 0 Å². The van der Waals surface area contributed by atoms with E-state index in [1.54, 1.807) is 6.92 Å². The second kappa shape index (κ2) is 5.72. The second-order valence-corrected chi connectivity index (χ2v) is 5.51. The van der Waals surface area contributed by atoms with E-state index < -0.39 is 5.54 Å². The Kier molecular flexibility index (Phi) is 4.22. The van der Waals surface area contributed by atoms with Crippen molar-refractivity contribution in [3.63, 3.8) is 0 Å². The number of hydrogen-bond acceptors (Lipinski definition) is 3. The van der Waals surface area contributed by atoms with Crippen molar-refractivity contribution < 1.29 is 15.0 Å². The first-order chi connectivity index (χ1) is 9.09. The minimum atomic E-state index is -0.955. The summed E-state index contributed by atoms with van der Waals surface area (Å²) in [5.41, 5.74) is 1.34. The van der Waals surface area contributed by atoms with Crippen LogP contribution in [0, 0.1) is 0 Å². The van der Waals surface area contributed by atoms with Crippen molar-refractivity contribution >= 4 is 5.91 Å². The van der Waals surface area contributed by atoms with Gasteiger partial charge < -0.3 is 15.5 Å². The van der Waals surface area contributed by atoms with Crippen LogP contribution in [-0.2, 0) is 11.2 Å². The van der Waals surface area contributed by atoms with Crippen molar-refractivity contribution in [1.82, 2.24) is 5.32 Å². The number of nitrogens with one attached hydrogen (secondary N) is 1. The number of aryl methyl sites for hydroxylation is 1. The highest BCUT2D eigenvalue weighted by Crippen LogP contribution is 2.31. The van der Waals surface area contributed by atoms with E-state index in [1.807, 2.05) is 18.2 Å². The lowest BCUT2D eigenvalue weighted by Gasteiger charge is -2.31. The van der Waals surface area contributed by atoms with Gasteiger partial charge in [0.15, 0.2) is 0 Å². The Morgan fingerprint density at radius 3 is 2.74 bits per heavy atom. The highest BCUT2D eigenvalue weighted by molar-refractivity contribution is 5.85. The SMILES string of the molecule is CC(CO)(CO)NC(=O)C1CCCc2ccccc21. The largest absolute Gasteiger partial charge is 0.394 e. The maximum atomic E-state index is 12.4. The summed E-state index contributed by atoms with van der Waals surface area (Å²) in [7, 11) is 0. The van der Waals surface area contributed by atoms with Crippen LogP contribution in [0.4, 0.5) is 0 Å². The molecule has 0 aromatic heterocycles. The molecule has 4 nitrogen and oxygen atoms in total. The standard InChI is InChI=1S/C15H21NO3/c1-15(9-17,10-18)16-14(19)13-8-4-6-11-5-2-3-7-12(11)13/h2-3,5,7,13,17-18H,4,6,8-10H2,1H3,(H,16,19). The minimum absolute atomic E-state index is 0.113. The van der Waals surface area contributed by atoms with E-state index in [2.05, 4.69) is 11.4 Å². The van der Waals surface area contributed by atoms with Crippen LogP contribution in [-0.4, -0.2) is 34.9 Å². The predicted molar refractivity (Wildman–Crippen MR) is 72.8 cm³/mol. The van der Waals surface area contributed by atoms with Gasteiger partial charge in [0.1, 0.15) is 0 Å². The Bertz CT molecular complexity index is 454. The van der Waals surface area contributed by atoms with Gasteiger partial charge in [-0.05, 0) is 37.3 Å². The first kappa shape index (κ1) is 14.0. The van der Waals surface area contributed by atoms with Gasteiger partial charge in [0.25, 0.3) is 0 Å². The van der Waals surface area contributed by atoms with E-state index >= 15 is 0 Å². The zero-order valence-corrected chi connectivity index (χ0v) is 11.2. The molecule has 3 N–H and O–H groups in total. The third-order valence-electron chi connectivity index (χ3n) is 3.81. The number of aliphatic hydroxyl groups excluding tert-OH is 2. The number of hydrogen-bond donors (Lipinski definition) is 3. The Hall–Kier alpha value is -1.39. The van der Waals surface area contributed by atoms with Gasteiger partial charge in [-0.15, -0.1) is 0 Å². The third kappa shape index (κ3) is 2.96. The quantitative estimate of drug-likeness (QED) is 0.758. The van der Waals surface area contributed by atoms with E-state index in [4.69, 9.17) is 0 Å². The van der Waals surface area contributed by atoms with Crippen molar-refractivity contribution in [2.45, 2.75) is 37.6 Å². The van der Waals surface area contributed by atoms with E-state index in [9.17, 15) is 15.0 Å². The number of benzene rings is 1. The Morgan fingerprint density at radius 1 is 1.37 bits per heavy atom. The molecule has 0 radical (unpaired) electrons. The van der Waals surface area contributed by atoms with E-state index in [-0.39, 0.29) is 25.0 Å².